The molecule has 3 aromatic rings. The molecule has 84 valence electrons. The van der Waals surface area contributed by atoms with Crippen molar-refractivity contribution in [1.29, 1.82) is 0 Å². The molecule has 0 aliphatic carbocycles. The predicted molar refractivity (Wildman–Crippen MR) is 64.1 cm³/mol. The number of hydrogen-bond acceptors (Lipinski definition) is 4. The highest BCUT2D eigenvalue weighted by atomic mass is 15.3. The molecule has 0 radical (unpaired) electrons. The van der Waals surface area contributed by atoms with Gasteiger partial charge in [-0.1, -0.05) is 30.3 Å². The highest BCUT2D eigenvalue weighted by molar-refractivity contribution is 5.62. The van der Waals surface area contributed by atoms with Gasteiger partial charge in [0.1, 0.15) is 6.33 Å². The topological polar surface area (TPSA) is 69.1 Å². The second-order valence-corrected chi connectivity index (χ2v) is 3.69. The van der Waals surface area contributed by atoms with Crippen LogP contribution in [0.5, 0.6) is 0 Å². The zero-order chi connectivity index (χ0) is 11.7. The molecule has 2 heterocycles. The molecule has 0 atom stereocenters. The molecule has 0 saturated heterocycles. The van der Waals surface area contributed by atoms with Gasteiger partial charge in [0.2, 0.25) is 0 Å². The molecule has 5 heteroatoms. The van der Waals surface area contributed by atoms with E-state index in [1.165, 1.54) is 0 Å². The van der Waals surface area contributed by atoms with Gasteiger partial charge in [-0.05, 0) is 0 Å². The number of nitrogens with two attached hydrogens (primary N) is 1. The van der Waals surface area contributed by atoms with E-state index in [0.29, 0.717) is 12.4 Å². The number of aromatic nitrogens is 4. The molecule has 2 N–H and O–H groups in total. The maximum Gasteiger partial charge on any atom is 0.164 e. The van der Waals surface area contributed by atoms with Gasteiger partial charge in [-0.25, -0.2) is 4.98 Å². The zero-order valence-corrected chi connectivity index (χ0v) is 9.11. The molecule has 2 aromatic heterocycles. The van der Waals surface area contributed by atoms with Crippen LogP contribution in [0.1, 0.15) is 5.82 Å². The molecule has 17 heavy (non-hydrogen) atoms. The van der Waals surface area contributed by atoms with Crippen molar-refractivity contribution in [2.24, 2.45) is 5.73 Å². The van der Waals surface area contributed by atoms with Gasteiger partial charge < -0.3 is 5.73 Å². The lowest BCUT2D eigenvalue weighted by atomic mass is 10.1. The Labute approximate surface area is 97.9 Å². The molecule has 0 unspecified atom stereocenters. The molecule has 0 fully saturated rings. The van der Waals surface area contributed by atoms with Crippen LogP contribution in [-0.2, 0) is 6.54 Å². The lowest BCUT2D eigenvalue weighted by Crippen LogP contribution is -2.03. The Balaban J connectivity index is 2.15. The van der Waals surface area contributed by atoms with E-state index in [1.54, 1.807) is 10.7 Å². The summed E-state index contributed by atoms with van der Waals surface area (Å²) in [4.78, 5) is 4.39. The molecule has 3 rings (SSSR count). The largest absolute Gasteiger partial charge is 0.324 e. The van der Waals surface area contributed by atoms with Crippen molar-refractivity contribution in [3.05, 3.63) is 48.5 Å². The fourth-order valence-corrected chi connectivity index (χ4v) is 1.75. The van der Waals surface area contributed by atoms with Crippen LogP contribution in [-0.4, -0.2) is 19.6 Å². The summed E-state index contributed by atoms with van der Waals surface area (Å²) in [5.41, 5.74) is 8.27. The summed E-state index contributed by atoms with van der Waals surface area (Å²) in [5, 5.41) is 8.07. The van der Waals surface area contributed by atoms with Gasteiger partial charge in [-0.15, -0.1) is 10.2 Å². The number of hydrogen-bond donors (Lipinski definition) is 1. The van der Waals surface area contributed by atoms with Gasteiger partial charge >= 0.3 is 0 Å². The Morgan fingerprint density at radius 2 is 1.94 bits per heavy atom. The first kappa shape index (κ1) is 9.92. The monoisotopic (exact) mass is 225 g/mol. The summed E-state index contributed by atoms with van der Waals surface area (Å²) in [7, 11) is 0. The van der Waals surface area contributed by atoms with Gasteiger partial charge in [0.25, 0.3) is 0 Å². The second-order valence-electron chi connectivity index (χ2n) is 3.69. The van der Waals surface area contributed by atoms with E-state index in [-0.39, 0.29) is 0 Å². The average Bonchev–Trinajstić information content (AvgIpc) is 2.81. The summed E-state index contributed by atoms with van der Waals surface area (Å²) in [6.45, 7) is 0.355. The fraction of sp³-hybridized carbons (Fsp3) is 0.0833. The summed E-state index contributed by atoms with van der Waals surface area (Å²) in [6.07, 6.45) is 1.71. The third-order valence-electron chi connectivity index (χ3n) is 2.62. The number of fused-ring (bicyclic) bond motifs is 1. The minimum absolute atomic E-state index is 0.355. The van der Waals surface area contributed by atoms with E-state index in [2.05, 4.69) is 15.2 Å². The summed E-state index contributed by atoms with van der Waals surface area (Å²) < 4.78 is 1.80. The summed E-state index contributed by atoms with van der Waals surface area (Å²) in [6, 6.07) is 11.9. The molecule has 1 aromatic carbocycles. The molecule has 0 bridgehead atoms. The van der Waals surface area contributed by atoms with Crippen molar-refractivity contribution in [1.82, 2.24) is 19.6 Å². The zero-order valence-electron chi connectivity index (χ0n) is 9.11. The van der Waals surface area contributed by atoms with E-state index in [0.717, 1.165) is 16.9 Å². The van der Waals surface area contributed by atoms with Crippen molar-refractivity contribution in [2.45, 2.75) is 6.54 Å². The molecule has 5 nitrogen and oxygen atoms in total. The van der Waals surface area contributed by atoms with Crippen LogP contribution in [0.4, 0.5) is 0 Å². The van der Waals surface area contributed by atoms with Crippen molar-refractivity contribution in [3.8, 4) is 11.3 Å². The van der Waals surface area contributed by atoms with Crippen molar-refractivity contribution in [3.63, 3.8) is 0 Å². The van der Waals surface area contributed by atoms with Crippen LogP contribution in [0.25, 0.3) is 16.9 Å². The lowest BCUT2D eigenvalue weighted by molar-refractivity contribution is 0.873. The van der Waals surface area contributed by atoms with Crippen molar-refractivity contribution in [2.75, 3.05) is 0 Å². The van der Waals surface area contributed by atoms with E-state index >= 15 is 0 Å². The van der Waals surface area contributed by atoms with Gasteiger partial charge in [0.05, 0.1) is 12.2 Å². The summed E-state index contributed by atoms with van der Waals surface area (Å²) in [5.74, 6) is 0.715. The smallest absolute Gasteiger partial charge is 0.164 e. The first-order valence-corrected chi connectivity index (χ1v) is 5.33. The minimum atomic E-state index is 0.355. The van der Waals surface area contributed by atoms with Crippen LogP contribution < -0.4 is 5.73 Å². The van der Waals surface area contributed by atoms with Crippen LogP contribution in [0.15, 0.2) is 42.7 Å². The van der Waals surface area contributed by atoms with E-state index in [9.17, 15) is 0 Å². The van der Waals surface area contributed by atoms with Gasteiger partial charge in [0.15, 0.2) is 11.5 Å². The Morgan fingerprint density at radius 3 is 2.71 bits per heavy atom. The van der Waals surface area contributed by atoms with Gasteiger partial charge in [-0.3, -0.25) is 4.40 Å². The van der Waals surface area contributed by atoms with Crippen molar-refractivity contribution < 1.29 is 0 Å². The molecule has 0 saturated carbocycles. The van der Waals surface area contributed by atoms with E-state index in [4.69, 9.17) is 5.73 Å². The maximum atomic E-state index is 5.56. The standard InChI is InChI=1S/C12H11N5/c13-7-12-16-15-11-6-10(14-8-17(11)12)9-4-2-1-3-5-9/h1-6,8H,7,13H2. The average molecular weight is 225 g/mol. The quantitative estimate of drug-likeness (QED) is 0.712. The first-order chi connectivity index (χ1) is 8.38. The molecular weight excluding hydrogens is 214 g/mol. The third kappa shape index (κ3) is 1.66. The highest BCUT2D eigenvalue weighted by Crippen LogP contribution is 2.17. The van der Waals surface area contributed by atoms with Crippen LogP contribution in [0.2, 0.25) is 0 Å². The molecule has 0 amide bonds. The molecule has 0 aliphatic heterocycles. The second kappa shape index (κ2) is 3.95. The summed E-state index contributed by atoms with van der Waals surface area (Å²) >= 11 is 0. The highest BCUT2D eigenvalue weighted by Gasteiger charge is 2.05. The molecule has 0 spiro atoms. The Hall–Kier alpha value is -2.27. The molecule has 0 aliphatic rings. The number of rotatable bonds is 2. The SMILES string of the molecule is NCc1nnc2cc(-c3ccccc3)ncn12. The normalized spacial score (nSPS) is 10.9. The van der Waals surface area contributed by atoms with E-state index < -0.39 is 0 Å². The molecular formula is C12H11N5. The van der Waals surface area contributed by atoms with Gasteiger partial charge in [0, 0.05) is 11.6 Å². The van der Waals surface area contributed by atoms with Crippen LogP contribution in [0, 0.1) is 0 Å². The van der Waals surface area contributed by atoms with Gasteiger partial charge in [-0.2, -0.15) is 0 Å². The predicted octanol–water partition coefficient (Wildman–Crippen LogP) is 1.25. The van der Waals surface area contributed by atoms with E-state index in [1.807, 2.05) is 36.4 Å². The Kier molecular flexibility index (Phi) is 2.31. The van der Waals surface area contributed by atoms with Crippen LogP contribution >= 0.6 is 0 Å². The third-order valence-corrected chi connectivity index (χ3v) is 2.62. The lowest BCUT2D eigenvalue weighted by Gasteiger charge is -2.01. The Bertz CT molecular complexity index is 644. The van der Waals surface area contributed by atoms with Crippen molar-refractivity contribution >= 4 is 5.65 Å². The van der Waals surface area contributed by atoms with Crippen LogP contribution in [0.3, 0.4) is 0 Å². The maximum absolute atomic E-state index is 5.56. The number of benzene rings is 1. The minimum Gasteiger partial charge on any atom is -0.324 e. The fourth-order valence-electron chi connectivity index (χ4n) is 1.75. The number of nitrogens with zero attached hydrogens (tertiary/aromatic N) is 4. The first-order valence-electron chi connectivity index (χ1n) is 5.33. The Morgan fingerprint density at radius 1 is 1.12 bits per heavy atom.